The molecule has 0 amide bonds. The molecule has 0 saturated heterocycles. The molecular formula is C17H31NOS. The molecule has 0 saturated carbocycles. The highest BCUT2D eigenvalue weighted by Crippen LogP contribution is 2.41. The van der Waals surface area contributed by atoms with Crippen LogP contribution >= 0.6 is 12.6 Å². The van der Waals surface area contributed by atoms with Crippen molar-refractivity contribution in [2.45, 2.75) is 71.8 Å². The molecule has 0 aliphatic carbocycles. The number of ether oxygens (including phenoxy) is 1. The zero-order valence-corrected chi connectivity index (χ0v) is 15.2. The van der Waals surface area contributed by atoms with E-state index < -0.39 is 0 Å². The fourth-order valence-electron chi connectivity index (χ4n) is 2.36. The molecule has 0 unspecified atom stereocenters. The first-order valence-corrected chi connectivity index (χ1v) is 7.86. The smallest absolute Gasteiger partial charge is 0.126 e. The van der Waals surface area contributed by atoms with Gasteiger partial charge in [0.2, 0.25) is 0 Å². The Morgan fingerprint density at radius 2 is 1.50 bits per heavy atom. The number of fused-ring (bicyclic) bond motifs is 1. The Balaban J connectivity index is 0.000000829. The van der Waals surface area contributed by atoms with Crippen LogP contribution in [0.1, 0.15) is 56.4 Å². The second kappa shape index (κ2) is 7.94. The summed E-state index contributed by atoms with van der Waals surface area (Å²) in [6, 6.07) is 0. The molecule has 0 bridgehead atoms. The molecule has 1 aromatic rings. The normalized spacial score (nSPS) is 14.9. The Hall–Kier alpha value is -0.670. The zero-order valence-electron chi connectivity index (χ0n) is 14.3. The van der Waals surface area contributed by atoms with Crippen LogP contribution in [0.2, 0.25) is 0 Å². The van der Waals surface area contributed by atoms with Crippen molar-refractivity contribution in [2.24, 2.45) is 5.73 Å². The lowest BCUT2D eigenvalue weighted by Gasteiger charge is -2.35. The highest BCUT2D eigenvalue weighted by Gasteiger charge is 2.30. The van der Waals surface area contributed by atoms with E-state index in [9.17, 15) is 0 Å². The molecule has 0 atom stereocenters. The van der Waals surface area contributed by atoms with Crippen molar-refractivity contribution >= 4 is 12.6 Å². The van der Waals surface area contributed by atoms with Gasteiger partial charge in [0, 0.05) is 4.90 Å². The Kier molecular flexibility index (Phi) is 7.67. The number of rotatable bonds is 0. The average molecular weight is 298 g/mol. The van der Waals surface area contributed by atoms with Crippen LogP contribution in [0.3, 0.4) is 0 Å². The van der Waals surface area contributed by atoms with E-state index in [4.69, 9.17) is 4.74 Å². The zero-order chi connectivity index (χ0) is 16.1. The maximum Gasteiger partial charge on any atom is 0.126 e. The molecule has 2 rings (SSSR count). The van der Waals surface area contributed by atoms with Crippen LogP contribution in [-0.4, -0.2) is 12.6 Å². The van der Waals surface area contributed by atoms with Gasteiger partial charge in [0.15, 0.2) is 0 Å². The highest BCUT2D eigenvalue weighted by atomic mass is 32.1. The van der Waals surface area contributed by atoms with Gasteiger partial charge < -0.3 is 10.5 Å². The first kappa shape index (κ1) is 19.3. The second-order valence-electron chi connectivity index (χ2n) is 5.39. The third kappa shape index (κ3) is 3.92. The van der Waals surface area contributed by atoms with Gasteiger partial charge in [-0.3, -0.25) is 0 Å². The number of benzene rings is 1. The van der Waals surface area contributed by atoms with Crippen LogP contribution in [0.4, 0.5) is 0 Å². The van der Waals surface area contributed by atoms with Crippen LogP contribution in [-0.2, 0) is 6.42 Å². The van der Waals surface area contributed by atoms with Gasteiger partial charge in [-0.1, -0.05) is 13.8 Å². The molecule has 0 aromatic heterocycles. The Labute approximate surface area is 130 Å². The summed E-state index contributed by atoms with van der Waals surface area (Å²) in [7, 11) is 1.50. The molecule has 1 heterocycles. The van der Waals surface area contributed by atoms with Crippen LogP contribution in [0.5, 0.6) is 5.75 Å². The number of nitrogens with two attached hydrogens (primary N) is 1. The summed E-state index contributed by atoms with van der Waals surface area (Å²) < 4.78 is 6.13. The van der Waals surface area contributed by atoms with Gasteiger partial charge in [-0.25, -0.2) is 0 Å². The SMILES string of the molecule is CC.CN.Cc1c(C)c2c(c(C)c1S)CCC(C)(C)O2. The molecule has 0 spiro atoms. The van der Waals surface area contributed by atoms with E-state index in [2.05, 4.69) is 53.0 Å². The minimum absolute atomic E-state index is 0.0330. The summed E-state index contributed by atoms with van der Waals surface area (Å²) >= 11 is 4.60. The maximum absolute atomic E-state index is 6.13. The lowest BCUT2D eigenvalue weighted by Crippen LogP contribution is -2.33. The van der Waals surface area contributed by atoms with Gasteiger partial charge >= 0.3 is 0 Å². The first-order chi connectivity index (χ1) is 9.33. The van der Waals surface area contributed by atoms with E-state index >= 15 is 0 Å². The number of thiol groups is 1. The standard InChI is InChI=1S/C14H20OS.C2H6.CH5N/c1-8-9(2)13(16)10(3)11-6-7-14(4,5)15-12(8)11;2*1-2/h16H,6-7H2,1-5H3;1-2H3;2H2,1H3. The van der Waals surface area contributed by atoms with Crippen LogP contribution in [0, 0.1) is 20.8 Å². The highest BCUT2D eigenvalue weighted by molar-refractivity contribution is 7.80. The molecule has 0 radical (unpaired) electrons. The molecule has 3 heteroatoms. The first-order valence-electron chi connectivity index (χ1n) is 7.42. The average Bonchev–Trinajstić information content (AvgIpc) is 2.46. The van der Waals surface area contributed by atoms with Crippen molar-refractivity contribution in [3.63, 3.8) is 0 Å². The Bertz CT molecular complexity index is 453. The summed E-state index contributed by atoms with van der Waals surface area (Å²) in [4.78, 5) is 1.12. The van der Waals surface area contributed by atoms with Crippen molar-refractivity contribution in [3.8, 4) is 5.75 Å². The van der Waals surface area contributed by atoms with E-state index in [1.165, 1.54) is 29.3 Å². The molecular weight excluding hydrogens is 266 g/mol. The quantitative estimate of drug-likeness (QED) is 0.686. The fraction of sp³-hybridized carbons (Fsp3) is 0.647. The number of hydrogen-bond donors (Lipinski definition) is 2. The number of hydrogen-bond acceptors (Lipinski definition) is 3. The van der Waals surface area contributed by atoms with Crippen LogP contribution in [0.25, 0.3) is 0 Å². The summed E-state index contributed by atoms with van der Waals surface area (Å²) in [6.07, 6.45) is 2.18. The predicted molar refractivity (Wildman–Crippen MR) is 92.4 cm³/mol. The Morgan fingerprint density at radius 1 is 1.00 bits per heavy atom. The molecule has 116 valence electrons. The van der Waals surface area contributed by atoms with Crippen molar-refractivity contribution in [1.29, 1.82) is 0 Å². The van der Waals surface area contributed by atoms with Crippen LogP contribution in [0.15, 0.2) is 4.90 Å². The van der Waals surface area contributed by atoms with Gasteiger partial charge in [-0.15, -0.1) is 12.6 Å². The third-order valence-electron chi connectivity index (χ3n) is 3.70. The van der Waals surface area contributed by atoms with Gasteiger partial charge in [-0.2, -0.15) is 0 Å². The molecule has 20 heavy (non-hydrogen) atoms. The van der Waals surface area contributed by atoms with Gasteiger partial charge in [0.05, 0.1) is 0 Å². The van der Waals surface area contributed by atoms with E-state index in [0.29, 0.717) is 0 Å². The van der Waals surface area contributed by atoms with Gasteiger partial charge in [0.1, 0.15) is 11.4 Å². The third-order valence-corrected chi connectivity index (χ3v) is 4.37. The lowest BCUT2D eigenvalue weighted by atomic mass is 9.88. The Morgan fingerprint density at radius 3 is 2.00 bits per heavy atom. The second-order valence-corrected chi connectivity index (χ2v) is 5.84. The maximum atomic E-state index is 6.13. The minimum Gasteiger partial charge on any atom is -0.487 e. The molecule has 2 nitrogen and oxygen atoms in total. The molecule has 1 aliphatic heterocycles. The molecule has 0 fully saturated rings. The van der Waals surface area contributed by atoms with Crippen molar-refractivity contribution in [3.05, 3.63) is 22.3 Å². The summed E-state index contributed by atoms with van der Waals surface area (Å²) in [5.41, 5.74) is 9.61. The lowest BCUT2D eigenvalue weighted by molar-refractivity contribution is 0.0832. The summed E-state index contributed by atoms with van der Waals surface area (Å²) in [5.74, 6) is 1.10. The summed E-state index contributed by atoms with van der Waals surface area (Å²) in [5, 5.41) is 0. The van der Waals surface area contributed by atoms with E-state index in [-0.39, 0.29) is 5.60 Å². The van der Waals surface area contributed by atoms with Crippen molar-refractivity contribution < 1.29 is 4.74 Å². The van der Waals surface area contributed by atoms with E-state index in [1.807, 2.05) is 13.8 Å². The fourth-order valence-corrected chi connectivity index (χ4v) is 2.66. The molecule has 1 aliphatic rings. The molecule has 1 aromatic carbocycles. The largest absolute Gasteiger partial charge is 0.487 e. The minimum atomic E-state index is -0.0330. The van der Waals surface area contributed by atoms with Crippen LogP contribution < -0.4 is 10.5 Å². The summed E-state index contributed by atoms with van der Waals surface area (Å²) in [6.45, 7) is 14.7. The van der Waals surface area contributed by atoms with Crippen molar-refractivity contribution in [1.82, 2.24) is 0 Å². The van der Waals surface area contributed by atoms with E-state index in [0.717, 1.165) is 23.5 Å². The predicted octanol–water partition coefficient (Wildman–Crippen LogP) is 4.61. The van der Waals surface area contributed by atoms with Crippen molar-refractivity contribution in [2.75, 3.05) is 7.05 Å². The van der Waals surface area contributed by atoms with Gasteiger partial charge in [0.25, 0.3) is 0 Å². The molecule has 2 N–H and O–H groups in total. The van der Waals surface area contributed by atoms with E-state index in [1.54, 1.807) is 0 Å². The monoisotopic (exact) mass is 297 g/mol. The van der Waals surface area contributed by atoms with Gasteiger partial charge in [-0.05, 0) is 76.8 Å². The topological polar surface area (TPSA) is 35.2 Å².